The summed E-state index contributed by atoms with van der Waals surface area (Å²) in [5, 5.41) is 7.07. The Morgan fingerprint density at radius 1 is 1.16 bits per heavy atom. The van der Waals surface area contributed by atoms with Crippen LogP contribution in [0.1, 0.15) is 12.0 Å². The number of aliphatic imine (C=N–C) groups is 1. The normalized spacial score (nSPS) is 11.4. The molecule has 0 fully saturated rings. The largest absolute Gasteiger partial charge is 0.356 e. The van der Waals surface area contributed by atoms with Gasteiger partial charge in [0.25, 0.3) is 0 Å². The average Bonchev–Trinajstić information content (AvgIpc) is 2.63. The van der Waals surface area contributed by atoms with Crippen molar-refractivity contribution in [2.45, 2.75) is 17.7 Å². The molecular formula is C18H22ClFN4S. The fraction of sp³-hybridized carbons (Fsp3) is 0.333. The van der Waals surface area contributed by atoms with Crippen LogP contribution in [0.4, 0.5) is 4.39 Å². The predicted octanol–water partition coefficient (Wildman–Crippen LogP) is 3.76. The zero-order valence-electron chi connectivity index (χ0n) is 14.1. The highest BCUT2D eigenvalue weighted by molar-refractivity contribution is 7.99. The molecule has 0 aliphatic heterocycles. The number of guanidine groups is 1. The van der Waals surface area contributed by atoms with Crippen LogP contribution in [0, 0.1) is 5.82 Å². The van der Waals surface area contributed by atoms with E-state index in [-0.39, 0.29) is 5.82 Å². The van der Waals surface area contributed by atoms with E-state index in [9.17, 15) is 4.39 Å². The first-order chi connectivity index (χ1) is 12.2. The van der Waals surface area contributed by atoms with Gasteiger partial charge in [0, 0.05) is 31.2 Å². The summed E-state index contributed by atoms with van der Waals surface area (Å²) in [5.74, 6) is 1.55. The summed E-state index contributed by atoms with van der Waals surface area (Å²) in [6.07, 6.45) is 3.63. The van der Waals surface area contributed by atoms with Crippen molar-refractivity contribution >= 4 is 29.3 Å². The quantitative estimate of drug-likeness (QED) is 0.241. The molecule has 0 unspecified atom stereocenters. The van der Waals surface area contributed by atoms with Crippen molar-refractivity contribution in [3.8, 4) is 0 Å². The molecule has 25 heavy (non-hydrogen) atoms. The van der Waals surface area contributed by atoms with Crippen molar-refractivity contribution in [1.29, 1.82) is 0 Å². The van der Waals surface area contributed by atoms with Crippen LogP contribution in [0.5, 0.6) is 0 Å². The van der Waals surface area contributed by atoms with Gasteiger partial charge in [-0.1, -0.05) is 17.7 Å². The molecule has 0 spiro atoms. The lowest BCUT2D eigenvalue weighted by molar-refractivity contribution is 0.626. The Morgan fingerprint density at radius 3 is 2.60 bits per heavy atom. The molecule has 2 rings (SSSR count). The van der Waals surface area contributed by atoms with Gasteiger partial charge in [-0.3, -0.25) is 4.99 Å². The lowest BCUT2D eigenvalue weighted by Gasteiger charge is -2.11. The van der Waals surface area contributed by atoms with E-state index in [1.165, 1.54) is 12.1 Å². The minimum absolute atomic E-state index is 0.199. The molecule has 0 saturated carbocycles. The maximum atomic E-state index is 12.8. The number of halogens is 2. The summed E-state index contributed by atoms with van der Waals surface area (Å²) in [5.41, 5.74) is 1.13. The molecule has 1 aromatic heterocycles. The number of rotatable bonds is 8. The van der Waals surface area contributed by atoms with Gasteiger partial charge < -0.3 is 10.6 Å². The molecule has 2 aromatic rings. The standard InChI is InChI=1S/C18H22ClFN4S/c1-21-18(23-11-9-14-3-8-17(19)24-13-14)22-10-2-12-25-16-6-4-15(20)5-7-16/h3-8,13H,2,9-12H2,1H3,(H2,21,22,23). The highest BCUT2D eigenvalue weighted by Gasteiger charge is 1.99. The number of hydrogen-bond acceptors (Lipinski definition) is 3. The number of nitrogens with zero attached hydrogens (tertiary/aromatic N) is 2. The molecule has 134 valence electrons. The summed E-state index contributed by atoms with van der Waals surface area (Å²) in [7, 11) is 1.76. The van der Waals surface area contributed by atoms with Crippen LogP contribution >= 0.6 is 23.4 Å². The molecule has 0 amide bonds. The van der Waals surface area contributed by atoms with Gasteiger partial charge >= 0.3 is 0 Å². The fourth-order valence-electron chi connectivity index (χ4n) is 2.10. The summed E-state index contributed by atoms with van der Waals surface area (Å²) < 4.78 is 12.8. The van der Waals surface area contributed by atoms with Crippen LogP contribution in [0.2, 0.25) is 5.15 Å². The topological polar surface area (TPSA) is 49.3 Å². The third-order valence-electron chi connectivity index (χ3n) is 3.41. The minimum atomic E-state index is -0.199. The number of hydrogen-bond donors (Lipinski definition) is 2. The van der Waals surface area contributed by atoms with Crippen LogP contribution in [-0.4, -0.2) is 36.8 Å². The number of pyridine rings is 1. The fourth-order valence-corrected chi connectivity index (χ4v) is 3.06. The Balaban J connectivity index is 1.58. The molecule has 4 nitrogen and oxygen atoms in total. The van der Waals surface area contributed by atoms with E-state index in [4.69, 9.17) is 11.6 Å². The van der Waals surface area contributed by atoms with Gasteiger partial charge in [-0.2, -0.15) is 0 Å². The monoisotopic (exact) mass is 380 g/mol. The number of nitrogens with one attached hydrogen (secondary N) is 2. The Kier molecular flexibility index (Phi) is 8.55. The second-order valence-corrected chi connectivity index (χ2v) is 6.88. The van der Waals surface area contributed by atoms with Crippen molar-refractivity contribution in [2.24, 2.45) is 4.99 Å². The van der Waals surface area contributed by atoms with Crippen LogP contribution in [0.15, 0.2) is 52.5 Å². The number of aromatic nitrogens is 1. The first-order valence-corrected chi connectivity index (χ1v) is 9.47. The number of benzene rings is 1. The summed E-state index contributed by atoms with van der Waals surface area (Å²) in [6, 6.07) is 10.4. The summed E-state index contributed by atoms with van der Waals surface area (Å²) in [6.45, 7) is 1.60. The second-order valence-electron chi connectivity index (χ2n) is 5.32. The van der Waals surface area contributed by atoms with Crippen LogP contribution < -0.4 is 10.6 Å². The van der Waals surface area contributed by atoms with Crippen LogP contribution in [0.25, 0.3) is 0 Å². The minimum Gasteiger partial charge on any atom is -0.356 e. The molecule has 2 N–H and O–H groups in total. The van der Waals surface area contributed by atoms with Gasteiger partial charge in [-0.05, 0) is 54.5 Å². The van der Waals surface area contributed by atoms with E-state index < -0.39 is 0 Å². The van der Waals surface area contributed by atoms with E-state index in [1.807, 2.05) is 6.07 Å². The second kappa shape index (κ2) is 10.9. The van der Waals surface area contributed by atoms with E-state index in [0.29, 0.717) is 5.15 Å². The number of thioether (sulfide) groups is 1. The molecule has 0 aliphatic rings. The van der Waals surface area contributed by atoms with Crippen molar-refractivity contribution in [2.75, 3.05) is 25.9 Å². The smallest absolute Gasteiger partial charge is 0.190 e. The molecule has 0 aliphatic carbocycles. The average molecular weight is 381 g/mol. The van der Waals surface area contributed by atoms with Gasteiger partial charge in [0.05, 0.1) is 0 Å². The highest BCUT2D eigenvalue weighted by atomic mass is 35.5. The maximum absolute atomic E-state index is 12.8. The van der Waals surface area contributed by atoms with E-state index >= 15 is 0 Å². The highest BCUT2D eigenvalue weighted by Crippen LogP contribution is 2.18. The van der Waals surface area contributed by atoms with Crippen LogP contribution in [-0.2, 0) is 6.42 Å². The van der Waals surface area contributed by atoms with Crippen molar-refractivity contribution in [3.05, 3.63) is 59.1 Å². The Hall–Kier alpha value is -1.79. The molecule has 1 heterocycles. The lowest BCUT2D eigenvalue weighted by Crippen LogP contribution is -2.38. The molecule has 1 aromatic carbocycles. The lowest BCUT2D eigenvalue weighted by atomic mass is 10.2. The van der Waals surface area contributed by atoms with E-state index in [1.54, 1.807) is 43.2 Å². The predicted molar refractivity (Wildman–Crippen MR) is 104 cm³/mol. The van der Waals surface area contributed by atoms with E-state index in [0.717, 1.165) is 48.1 Å². The van der Waals surface area contributed by atoms with Gasteiger partial charge in [-0.25, -0.2) is 9.37 Å². The van der Waals surface area contributed by atoms with Crippen LogP contribution in [0.3, 0.4) is 0 Å². The zero-order valence-corrected chi connectivity index (χ0v) is 15.7. The van der Waals surface area contributed by atoms with Gasteiger partial charge in [-0.15, -0.1) is 11.8 Å². The zero-order chi connectivity index (χ0) is 17.9. The molecule has 7 heteroatoms. The molecule has 0 atom stereocenters. The Bertz CT molecular complexity index is 662. The molecule has 0 radical (unpaired) electrons. The molecule has 0 bridgehead atoms. The maximum Gasteiger partial charge on any atom is 0.190 e. The van der Waals surface area contributed by atoms with E-state index in [2.05, 4.69) is 20.6 Å². The van der Waals surface area contributed by atoms with Gasteiger partial charge in [0.2, 0.25) is 0 Å². The van der Waals surface area contributed by atoms with Crippen molar-refractivity contribution < 1.29 is 4.39 Å². The summed E-state index contributed by atoms with van der Waals surface area (Å²) in [4.78, 5) is 9.36. The van der Waals surface area contributed by atoms with Crippen molar-refractivity contribution in [3.63, 3.8) is 0 Å². The molecular weight excluding hydrogens is 359 g/mol. The first kappa shape index (κ1) is 19.5. The van der Waals surface area contributed by atoms with Gasteiger partial charge in [0.15, 0.2) is 5.96 Å². The SMILES string of the molecule is CN=C(NCCCSc1ccc(F)cc1)NCCc1ccc(Cl)nc1. The summed E-state index contributed by atoms with van der Waals surface area (Å²) >= 11 is 7.49. The third kappa shape index (κ3) is 7.75. The third-order valence-corrected chi connectivity index (χ3v) is 4.74. The van der Waals surface area contributed by atoms with Crippen molar-refractivity contribution in [1.82, 2.24) is 15.6 Å². The Labute approximate surface area is 157 Å². The Morgan fingerprint density at radius 2 is 1.92 bits per heavy atom. The van der Waals surface area contributed by atoms with Gasteiger partial charge in [0.1, 0.15) is 11.0 Å². The first-order valence-electron chi connectivity index (χ1n) is 8.10. The molecule has 0 saturated heterocycles.